The molecule has 1 aromatic carbocycles. The van der Waals surface area contributed by atoms with Crippen molar-refractivity contribution in [1.82, 2.24) is 5.32 Å². The number of aryl methyl sites for hydroxylation is 2. The van der Waals surface area contributed by atoms with E-state index in [1.54, 1.807) is 12.1 Å². The van der Waals surface area contributed by atoms with E-state index in [9.17, 15) is 4.39 Å². The van der Waals surface area contributed by atoms with Crippen LogP contribution in [0.2, 0.25) is 0 Å². The molecule has 1 unspecified atom stereocenters. The zero-order valence-electron chi connectivity index (χ0n) is 10.9. The number of rotatable bonds is 4. The summed E-state index contributed by atoms with van der Waals surface area (Å²) in [6.45, 7) is 8.38. The third-order valence-electron chi connectivity index (χ3n) is 2.96. The van der Waals surface area contributed by atoms with Gasteiger partial charge in [-0.1, -0.05) is 13.8 Å². The fourth-order valence-electron chi connectivity index (χ4n) is 2.32. The van der Waals surface area contributed by atoms with Crippen molar-refractivity contribution in [3.05, 3.63) is 34.6 Å². The van der Waals surface area contributed by atoms with E-state index >= 15 is 0 Å². The zero-order valence-corrected chi connectivity index (χ0v) is 10.9. The predicted octanol–water partition coefficient (Wildman–Crippen LogP) is 3.75. The van der Waals surface area contributed by atoms with Crippen LogP contribution in [0.15, 0.2) is 12.1 Å². The number of hydrogen-bond acceptors (Lipinski definition) is 1. The molecule has 0 radical (unpaired) electrons. The molecule has 0 heterocycles. The molecule has 0 aliphatic carbocycles. The van der Waals surface area contributed by atoms with E-state index in [0.717, 1.165) is 17.5 Å². The van der Waals surface area contributed by atoms with Gasteiger partial charge in [0.1, 0.15) is 5.82 Å². The van der Waals surface area contributed by atoms with Crippen LogP contribution in [0.1, 0.15) is 43.0 Å². The van der Waals surface area contributed by atoms with E-state index in [2.05, 4.69) is 19.2 Å². The number of hydrogen-bond donors (Lipinski definition) is 1. The van der Waals surface area contributed by atoms with Crippen molar-refractivity contribution in [1.29, 1.82) is 0 Å². The number of benzene rings is 1. The van der Waals surface area contributed by atoms with E-state index in [1.165, 1.54) is 5.56 Å². The Bertz CT molecular complexity index is 335. The molecule has 0 aromatic heterocycles. The second-order valence-corrected chi connectivity index (χ2v) is 4.92. The minimum Gasteiger partial charge on any atom is -0.313 e. The van der Waals surface area contributed by atoms with Gasteiger partial charge < -0.3 is 5.32 Å². The first kappa shape index (κ1) is 13.2. The lowest BCUT2D eigenvalue weighted by atomic mass is 9.90. The molecule has 1 rings (SSSR count). The second kappa shape index (κ2) is 5.44. The summed E-state index contributed by atoms with van der Waals surface area (Å²) >= 11 is 0. The van der Waals surface area contributed by atoms with Gasteiger partial charge >= 0.3 is 0 Å². The molecule has 1 aromatic rings. The summed E-state index contributed by atoms with van der Waals surface area (Å²) < 4.78 is 13.2. The van der Waals surface area contributed by atoms with Crippen LogP contribution >= 0.6 is 0 Å². The lowest BCUT2D eigenvalue weighted by Gasteiger charge is -2.23. The van der Waals surface area contributed by atoms with Crippen LogP contribution in [-0.2, 0) is 0 Å². The first-order valence-electron chi connectivity index (χ1n) is 5.89. The van der Waals surface area contributed by atoms with Crippen LogP contribution in [0, 0.1) is 25.6 Å². The fraction of sp³-hybridized carbons (Fsp3) is 0.571. The van der Waals surface area contributed by atoms with Crippen LogP contribution < -0.4 is 5.32 Å². The molecule has 0 aliphatic rings. The SMILES string of the molecule is CNC(CC(C)C)c1c(C)cc(F)cc1C. The monoisotopic (exact) mass is 223 g/mol. The van der Waals surface area contributed by atoms with Crippen molar-refractivity contribution in [2.24, 2.45) is 5.92 Å². The summed E-state index contributed by atoms with van der Waals surface area (Å²) in [7, 11) is 1.97. The Kier molecular flexibility index (Phi) is 4.48. The maximum Gasteiger partial charge on any atom is 0.123 e. The standard InChI is InChI=1S/C14H22FN/c1-9(2)6-13(16-5)14-10(3)7-12(15)8-11(14)4/h7-9,13,16H,6H2,1-5H3. The summed E-state index contributed by atoms with van der Waals surface area (Å²) in [5, 5.41) is 3.33. The Morgan fingerprint density at radius 3 is 2.06 bits per heavy atom. The maximum absolute atomic E-state index is 13.2. The van der Waals surface area contributed by atoms with Gasteiger partial charge in [-0.2, -0.15) is 0 Å². The Labute approximate surface area is 98.1 Å². The van der Waals surface area contributed by atoms with Crippen molar-refractivity contribution in [3.8, 4) is 0 Å². The first-order chi connectivity index (χ1) is 7.45. The van der Waals surface area contributed by atoms with Gasteiger partial charge in [-0.3, -0.25) is 0 Å². The molecular weight excluding hydrogens is 201 g/mol. The largest absolute Gasteiger partial charge is 0.313 e. The van der Waals surface area contributed by atoms with Crippen LogP contribution in [0.25, 0.3) is 0 Å². The molecule has 16 heavy (non-hydrogen) atoms. The topological polar surface area (TPSA) is 12.0 Å². The summed E-state index contributed by atoms with van der Waals surface area (Å²) in [5.41, 5.74) is 3.33. The van der Waals surface area contributed by atoms with Crippen molar-refractivity contribution in [3.63, 3.8) is 0 Å². The van der Waals surface area contributed by atoms with Crippen molar-refractivity contribution in [2.75, 3.05) is 7.05 Å². The molecule has 0 amide bonds. The fourth-order valence-corrected chi connectivity index (χ4v) is 2.32. The van der Waals surface area contributed by atoms with Gasteiger partial charge in [-0.15, -0.1) is 0 Å². The number of nitrogens with one attached hydrogen (secondary N) is 1. The molecule has 1 atom stereocenters. The maximum atomic E-state index is 13.2. The van der Waals surface area contributed by atoms with Gasteiger partial charge in [0.15, 0.2) is 0 Å². The van der Waals surface area contributed by atoms with Gasteiger partial charge in [-0.05, 0) is 62.1 Å². The van der Waals surface area contributed by atoms with Gasteiger partial charge in [0.25, 0.3) is 0 Å². The molecule has 0 saturated carbocycles. The van der Waals surface area contributed by atoms with E-state index in [-0.39, 0.29) is 5.82 Å². The Hall–Kier alpha value is -0.890. The van der Waals surface area contributed by atoms with Crippen molar-refractivity contribution in [2.45, 2.75) is 40.2 Å². The van der Waals surface area contributed by atoms with Crippen LogP contribution in [0.4, 0.5) is 4.39 Å². The molecule has 0 bridgehead atoms. The Morgan fingerprint density at radius 1 is 1.19 bits per heavy atom. The first-order valence-corrected chi connectivity index (χ1v) is 5.89. The molecule has 2 heteroatoms. The third kappa shape index (κ3) is 3.05. The summed E-state index contributed by atoms with van der Waals surface area (Å²) in [6.07, 6.45) is 1.07. The van der Waals surface area contributed by atoms with Gasteiger partial charge in [0, 0.05) is 6.04 Å². The average Bonchev–Trinajstić information content (AvgIpc) is 2.13. The molecular formula is C14H22FN. The zero-order chi connectivity index (χ0) is 12.3. The number of halogens is 1. The smallest absolute Gasteiger partial charge is 0.123 e. The quantitative estimate of drug-likeness (QED) is 0.819. The van der Waals surface area contributed by atoms with E-state index in [1.807, 2.05) is 20.9 Å². The summed E-state index contributed by atoms with van der Waals surface area (Å²) in [6, 6.07) is 3.56. The van der Waals surface area contributed by atoms with Crippen molar-refractivity contribution >= 4 is 0 Å². The molecule has 0 fully saturated rings. The van der Waals surface area contributed by atoms with Gasteiger partial charge in [0.05, 0.1) is 0 Å². The molecule has 0 spiro atoms. The second-order valence-electron chi connectivity index (χ2n) is 4.92. The summed E-state index contributed by atoms with van der Waals surface area (Å²) in [5.74, 6) is 0.486. The lowest BCUT2D eigenvalue weighted by Crippen LogP contribution is -2.20. The van der Waals surface area contributed by atoms with Crippen LogP contribution in [0.5, 0.6) is 0 Å². The molecule has 1 nitrogen and oxygen atoms in total. The van der Waals surface area contributed by atoms with Crippen LogP contribution in [0.3, 0.4) is 0 Å². The van der Waals surface area contributed by atoms with E-state index in [4.69, 9.17) is 0 Å². The average molecular weight is 223 g/mol. The van der Waals surface area contributed by atoms with Crippen LogP contribution in [-0.4, -0.2) is 7.05 Å². The molecule has 0 saturated heterocycles. The van der Waals surface area contributed by atoms with E-state index < -0.39 is 0 Å². The molecule has 90 valence electrons. The highest BCUT2D eigenvalue weighted by molar-refractivity contribution is 5.36. The minimum atomic E-state index is -0.141. The normalized spacial score (nSPS) is 13.2. The van der Waals surface area contributed by atoms with Gasteiger partial charge in [-0.25, -0.2) is 4.39 Å². The minimum absolute atomic E-state index is 0.141. The highest BCUT2D eigenvalue weighted by atomic mass is 19.1. The Balaban J connectivity index is 3.09. The summed E-state index contributed by atoms with van der Waals surface area (Å²) in [4.78, 5) is 0. The highest BCUT2D eigenvalue weighted by Gasteiger charge is 2.16. The highest BCUT2D eigenvalue weighted by Crippen LogP contribution is 2.27. The molecule has 0 aliphatic heterocycles. The van der Waals surface area contributed by atoms with E-state index in [0.29, 0.717) is 12.0 Å². The van der Waals surface area contributed by atoms with Crippen molar-refractivity contribution < 1.29 is 4.39 Å². The lowest BCUT2D eigenvalue weighted by molar-refractivity contribution is 0.453. The molecule has 1 N–H and O–H groups in total. The third-order valence-corrected chi connectivity index (χ3v) is 2.96. The van der Waals surface area contributed by atoms with Gasteiger partial charge in [0.2, 0.25) is 0 Å². The Morgan fingerprint density at radius 2 is 1.69 bits per heavy atom. The predicted molar refractivity (Wildman–Crippen MR) is 67.1 cm³/mol.